The SMILES string of the molecule is COc1ncccc1C[C@@H]1CN(S(=O)(=O)c2cccs2)CCN1c1ccc(C(C)(O)C(F)(F)F)cc1. The Labute approximate surface area is 211 Å². The fourth-order valence-corrected chi connectivity index (χ4v) is 6.87. The molecular weight excluding hydrogens is 515 g/mol. The summed E-state index contributed by atoms with van der Waals surface area (Å²) in [6.45, 7) is 1.42. The molecule has 1 N–H and O–H groups in total. The number of thiophene rings is 1. The highest BCUT2D eigenvalue weighted by molar-refractivity contribution is 7.91. The smallest absolute Gasteiger partial charge is 0.421 e. The maximum absolute atomic E-state index is 13.3. The average Bonchev–Trinajstić information content (AvgIpc) is 3.40. The number of ether oxygens (including phenoxy) is 1. The monoisotopic (exact) mass is 541 g/mol. The summed E-state index contributed by atoms with van der Waals surface area (Å²) < 4.78 is 73.3. The van der Waals surface area contributed by atoms with Crippen LogP contribution in [0.4, 0.5) is 18.9 Å². The van der Waals surface area contributed by atoms with Crippen LogP contribution in [0.15, 0.2) is 64.3 Å². The number of aliphatic hydroxyl groups is 1. The molecule has 2 atom stereocenters. The van der Waals surface area contributed by atoms with Crippen LogP contribution in [-0.2, 0) is 22.0 Å². The number of anilines is 1. The predicted molar refractivity (Wildman–Crippen MR) is 131 cm³/mol. The minimum absolute atomic E-state index is 0.167. The van der Waals surface area contributed by atoms with Crippen molar-refractivity contribution in [2.45, 2.75) is 35.4 Å². The summed E-state index contributed by atoms with van der Waals surface area (Å²) >= 11 is 1.15. The molecule has 1 aliphatic heterocycles. The molecule has 0 amide bonds. The van der Waals surface area contributed by atoms with E-state index in [9.17, 15) is 26.7 Å². The van der Waals surface area contributed by atoms with Gasteiger partial charge in [-0.25, -0.2) is 13.4 Å². The largest absolute Gasteiger partial charge is 0.481 e. The number of pyridine rings is 1. The number of benzene rings is 1. The van der Waals surface area contributed by atoms with Crippen LogP contribution in [0.25, 0.3) is 0 Å². The molecule has 0 spiro atoms. The molecule has 2 aromatic heterocycles. The van der Waals surface area contributed by atoms with E-state index in [4.69, 9.17) is 4.74 Å². The highest BCUT2D eigenvalue weighted by atomic mass is 32.2. The van der Waals surface area contributed by atoms with Crippen molar-refractivity contribution in [3.63, 3.8) is 0 Å². The zero-order chi connectivity index (χ0) is 26.1. The molecule has 194 valence electrons. The molecule has 0 saturated carbocycles. The van der Waals surface area contributed by atoms with Gasteiger partial charge < -0.3 is 14.7 Å². The lowest BCUT2D eigenvalue weighted by atomic mass is 9.94. The lowest BCUT2D eigenvalue weighted by Gasteiger charge is -2.42. The zero-order valence-corrected chi connectivity index (χ0v) is 21.3. The number of nitrogens with zero attached hydrogens (tertiary/aromatic N) is 3. The summed E-state index contributed by atoms with van der Waals surface area (Å²) in [6, 6.07) is 12.1. The Morgan fingerprint density at radius 3 is 2.47 bits per heavy atom. The predicted octanol–water partition coefficient (Wildman–Crippen LogP) is 4.04. The van der Waals surface area contributed by atoms with Gasteiger partial charge in [0.1, 0.15) is 4.21 Å². The highest BCUT2D eigenvalue weighted by Crippen LogP contribution is 2.39. The summed E-state index contributed by atoms with van der Waals surface area (Å²) in [5.41, 5.74) is -1.86. The first-order valence-corrected chi connectivity index (χ1v) is 13.4. The quantitative estimate of drug-likeness (QED) is 0.486. The van der Waals surface area contributed by atoms with Gasteiger partial charge in [0.15, 0.2) is 5.60 Å². The number of sulfonamides is 1. The molecule has 3 aromatic rings. The van der Waals surface area contributed by atoms with Gasteiger partial charge in [-0.15, -0.1) is 11.3 Å². The highest BCUT2D eigenvalue weighted by Gasteiger charge is 2.51. The van der Waals surface area contributed by atoms with Gasteiger partial charge in [-0.1, -0.05) is 24.3 Å². The first-order chi connectivity index (χ1) is 16.9. The Kier molecular flexibility index (Phi) is 7.33. The first kappa shape index (κ1) is 26.4. The van der Waals surface area contributed by atoms with Crippen molar-refractivity contribution in [1.82, 2.24) is 9.29 Å². The standard InChI is InChI=1S/C24H26F3N3O4S2/c1-23(31,24(25,26)27)18-7-9-19(10-8-18)30-13-12-29(36(32,33)21-6-4-14-35-21)16-20(30)15-17-5-3-11-28-22(17)34-2/h3-11,14,20,31H,12-13,15-16H2,1-2H3/t20-,23?/m1/s1. The second kappa shape index (κ2) is 10.0. The lowest BCUT2D eigenvalue weighted by molar-refractivity contribution is -0.258. The fourth-order valence-electron chi connectivity index (χ4n) is 4.26. The van der Waals surface area contributed by atoms with E-state index in [1.54, 1.807) is 29.8 Å². The van der Waals surface area contributed by atoms with E-state index in [1.807, 2.05) is 11.0 Å². The van der Waals surface area contributed by atoms with E-state index < -0.39 is 21.8 Å². The van der Waals surface area contributed by atoms with Crippen LogP contribution in [0.2, 0.25) is 0 Å². The van der Waals surface area contributed by atoms with Crippen LogP contribution in [0.3, 0.4) is 0 Å². The van der Waals surface area contributed by atoms with Crippen LogP contribution in [-0.4, -0.2) is 61.8 Å². The van der Waals surface area contributed by atoms with Crippen molar-refractivity contribution < 1.29 is 31.4 Å². The number of halogens is 3. The number of methoxy groups -OCH3 is 1. The van der Waals surface area contributed by atoms with E-state index in [-0.39, 0.29) is 28.9 Å². The van der Waals surface area contributed by atoms with E-state index in [1.165, 1.54) is 35.7 Å². The number of piperazine rings is 1. The number of alkyl halides is 3. The van der Waals surface area contributed by atoms with Crippen molar-refractivity contribution in [3.8, 4) is 5.88 Å². The van der Waals surface area contributed by atoms with Crippen molar-refractivity contribution in [2.75, 3.05) is 31.6 Å². The van der Waals surface area contributed by atoms with Gasteiger partial charge in [-0.3, -0.25) is 0 Å². The second-order valence-corrected chi connectivity index (χ2v) is 11.7. The van der Waals surface area contributed by atoms with Gasteiger partial charge in [-0.05, 0) is 48.6 Å². The fraction of sp³-hybridized carbons (Fsp3) is 0.375. The molecule has 7 nitrogen and oxygen atoms in total. The van der Waals surface area contributed by atoms with Gasteiger partial charge in [0, 0.05) is 43.1 Å². The Hall–Kier alpha value is -2.67. The minimum atomic E-state index is -4.82. The third-order valence-electron chi connectivity index (χ3n) is 6.35. The molecule has 0 bridgehead atoms. The molecule has 1 saturated heterocycles. The maximum atomic E-state index is 13.3. The Morgan fingerprint density at radius 1 is 1.14 bits per heavy atom. The van der Waals surface area contributed by atoms with Gasteiger partial charge >= 0.3 is 6.18 Å². The summed E-state index contributed by atoms with van der Waals surface area (Å²) in [6.07, 6.45) is -2.83. The van der Waals surface area contributed by atoms with Gasteiger partial charge in [0.2, 0.25) is 5.88 Å². The van der Waals surface area contributed by atoms with Crippen LogP contribution in [0, 0.1) is 0 Å². The summed E-state index contributed by atoms with van der Waals surface area (Å²) in [4.78, 5) is 6.20. The molecule has 3 heterocycles. The Balaban J connectivity index is 1.66. The molecule has 36 heavy (non-hydrogen) atoms. The van der Waals surface area contributed by atoms with Gasteiger partial charge in [0.05, 0.1) is 7.11 Å². The van der Waals surface area contributed by atoms with Crippen LogP contribution in [0.1, 0.15) is 18.1 Å². The topological polar surface area (TPSA) is 83.0 Å². The second-order valence-electron chi connectivity index (χ2n) is 8.64. The normalized spacial score (nSPS) is 19.2. The first-order valence-electron chi connectivity index (χ1n) is 11.1. The number of rotatable bonds is 7. The zero-order valence-electron chi connectivity index (χ0n) is 19.6. The van der Waals surface area contributed by atoms with Crippen LogP contribution >= 0.6 is 11.3 Å². The number of aromatic nitrogens is 1. The molecule has 1 aliphatic rings. The molecule has 1 unspecified atom stereocenters. The van der Waals surface area contributed by atoms with E-state index in [0.29, 0.717) is 31.5 Å². The Bertz CT molecular complexity index is 1280. The molecule has 0 aliphatic carbocycles. The van der Waals surface area contributed by atoms with Crippen molar-refractivity contribution in [1.29, 1.82) is 0 Å². The van der Waals surface area contributed by atoms with E-state index >= 15 is 0 Å². The third kappa shape index (κ3) is 5.08. The third-order valence-corrected chi connectivity index (χ3v) is 9.58. The van der Waals surface area contributed by atoms with E-state index in [2.05, 4.69) is 4.98 Å². The van der Waals surface area contributed by atoms with Gasteiger partial charge in [0.25, 0.3) is 10.0 Å². The van der Waals surface area contributed by atoms with Crippen molar-refractivity contribution >= 4 is 27.0 Å². The van der Waals surface area contributed by atoms with E-state index in [0.717, 1.165) is 16.9 Å². The molecule has 4 rings (SSSR count). The minimum Gasteiger partial charge on any atom is -0.481 e. The summed E-state index contributed by atoms with van der Waals surface area (Å²) in [5, 5.41) is 11.7. The summed E-state index contributed by atoms with van der Waals surface area (Å²) in [5.74, 6) is 0.423. The molecule has 1 aromatic carbocycles. The molecule has 0 radical (unpaired) electrons. The number of hydrogen-bond donors (Lipinski definition) is 1. The van der Waals surface area contributed by atoms with Gasteiger partial charge in [-0.2, -0.15) is 17.5 Å². The number of hydrogen-bond acceptors (Lipinski definition) is 7. The molecule has 1 fully saturated rings. The molecule has 12 heteroatoms. The van der Waals surface area contributed by atoms with Crippen LogP contribution in [0.5, 0.6) is 5.88 Å². The average molecular weight is 542 g/mol. The molecular formula is C24H26F3N3O4S2. The Morgan fingerprint density at radius 2 is 1.86 bits per heavy atom. The lowest BCUT2D eigenvalue weighted by Crippen LogP contribution is -2.55. The maximum Gasteiger partial charge on any atom is 0.421 e. The van der Waals surface area contributed by atoms with Crippen molar-refractivity contribution in [2.24, 2.45) is 0 Å². The van der Waals surface area contributed by atoms with Crippen molar-refractivity contribution in [3.05, 3.63) is 71.2 Å². The van der Waals surface area contributed by atoms with Crippen LogP contribution < -0.4 is 9.64 Å². The summed E-state index contributed by atoms with van der Waals surface area (Å²) in [7, 11) is -2.18.